The highest BCUT2D eigenvalue weighted by atomic mass is 16.1. The number of carbonyl (C=O) groups excluding carboxylic acids is 2. The second-order valence-corrected chi connectivity index (χ2v) is 3.53. The molecule has 2 rings (SSSR count). The van der Waals surface area contributed by atoms with Crippen molar-refractivity contribution in [1.29, 1.82) is 0 Å². The van der Waals surface area contributed by atoms with Gasteiger partial charge in [-0.25, -0.2) is 0 Å². The summed E-state index contributed by atoms with van der Waals surface area (Å²) in [5.41, 5.74) is 3.89. The van der Waals surface area contributed by atoms with Gasteiger partial charge in [0.1, 0.15) is 0 Å². The maximum atomic E-state index is 10.8. The van der Waals surface area contributed by atoms with Gasteiger partial charge in [0.2, 0.25) is 0 Å². The highest BCUT2D eigenvalue weighted by Gasteiger charge is 2.13. The van der Waals surface area contributed by atoms with Crippen LogP contribution in [0.3, 0.4) is 0 Å². The van der Waals surface area contributed by atoms with E-state index in [0.717, 1.165) is 29.3 Å². The van der Waals surface area contributed by atoms with Crippen LogP contribution in [0.1, 0.15) is 26.3 Å². The van der Waals surface area contributed by atoms with Crippen LogP contribution in [-0.4, -0.2) is 12.6 Å². The zero-order chi connectivity index (χ0) is 10.8. The molecule has 0 fully saturated rings. The van der Waals surface area contributed by atoms with E-state index in [-0.39, 0.29) is 0 Å². The Balaban J connectivity index is 2.81. The molecule has 2 aliphatic rings. The molecule has 0 heterocycles. The molecule has 0 saturated carbocycles. The van der Waals surface area contributed by atoms with Crippen molar-refractivity contribution in [2.24, 2.45) is 0 Å². The Morgan fingerprint density at radius 2 is 1.60 bits per heavy atom. The average molecular weight is 198 g/mol. The summed E-state index contributed by atoms with van der Waals surface area (Å²) in [6, 6.07) is 9.25. The molecule has 0 spiro atoms. The van der Waals surface area contributed by atoms with Crippen LogP contribution in [0, 0.1) is 6.92 Å². The summed E-state index contributed by atoms with van der Waals surface area (Å²) in [6.07, 6.45) is 1.57. The first kappa shape index (κ1) is 9.59. The van der Waals surface area contributed by atoms with E-state index in [9.17, 15) is 9.59 Å². The molecule has 74 valence electrons. The van der Waals surface area contributed by atoms with Gasteiger partial charge in [-0.3, -0.25) is 9.59 Å². The largest absolute Gasteiger partial charge is 0.298 e. The molecule has 0 N–H and O–H groups in total. The maximum Gasteiger partial charge on any atom is 0.150 e. The molecule has 2 heteroatoms. The minimum Gasteiger partial charge on any atom is -0.298 e. The second kappa shape index (κ2) is 3.65. The monoisotopic (exact) mass is 198 g/mol. The van der Waals surface area contributed by atoms with Gasteiger partial charge in [0.25, 0.3) is 0 Å². The number of aryl methyl sites for hydroxylation is 1. The van der Waals surface area contributed by atoms with Crippen LogP contribution in [-0.2, 0) is 0 Å². The lowest BCUT2D eigenvalue weighted by Crippen LogP contribution is -1.78. The van der Waals surface area contributed by atoms with Gasteiger partial charge in [-0.15, -0.1) is 0 Å². The van der Waals surface area contributed by atoms with Crippen molar-refractivity contribution in [1.82, 2.24) is 0 Å². The summed E-state index contributed by atoms with van der Waals surface area (Å²) < 4.78 is 0. The zero-order valence-corrected chi connectivity index (χ0v) is 8.36. The third-order valence-electron chi connectivity index (χ3n) is 2.47. The summed E-state index contributed by atoms with van der Waals surface area (Å²) in [5, 5.41) is 0. The van der Waals surface area contributed by atoms with Crippen LogP contribution >= 0.6 is 0 Å². The third-order valence-corrected chi connectivity index (χ3v) is 2.47. The molecule has 0 saturated heterocycles. The van der Waals surface area contributed by atoms with E-state index in [1.807, 2.05) is 31.2 Å². The lowest BCUT2D eigenvalue weighted by atomic mass is 10.1. The molecular weight excluding hydrogens is 188 g/mol. The lowest BCUT2D eigenvalue weighted by Gasteiger charge is -1.94. The maximum absolute atomic E-state index is 10.8. The number of rotatable bonds is 2. The fourth-order valence-electron chi connectivity index (χ4n) is 1.75. The summed E-state index contributed by atoms with van der Waals surface area (Å²) >= 11 is 0. The Morgan fingerprint density at radius 3 is 2.27 bits per heavy atom. The van der Waals surface area contributed by atoms with Crippen LogP contribution in [0.2, 0.25) is 0 Å². The van der Waals surface area contributed by atoms with E-state index in [4.69, 9.17) is 0 Å². The minimum absolute atomic E-state index is 0.572. The Hall–Kier alpha value is -1.96. The van der Waals surface area contributed by atoms with E-state index in [1.54, 1.807) is 6.07 Å². The molecule has 0 aromatic rings. The predicted molar refractivity (Wildman–Crippen MR) is 58.6 cm³/mol. The van der Waals surface area contributed by atoms with Crippen molar-refractivity contribution >= 4 is 12.6 Å². The van der Waals surface area contributed by atoms with Crippen molar-refractivity contribution < 1.29 is 9.59 Å². The van der Waals surface area contributed by atoms with Crippen LogP contribution in [0.5, 0.6) is 0 Å². The zero-order valence-electron chi connectivity index (χ0n) is 8.36. The number of fused-ring (bicyclic) bond motifs is 1. The van der Waals surface area contributed by atoms with Crippen LogP contribution in [0.15, 0.2) is 30.3 Å². The number of hydrogen-bond acceptors (Lipinski definition) is 2. The third kappa shape index (κ3) is 1.54. The topological polar surface area (TPSA) is 34.1 Å². The molecular formula is C13H10O2. The SMILES string of the molecule is Cc1cccc2c(C=O)cc(C=O)c-2c1. The summed E-state index contributed by atoms with van der Waals surface area (Å²) in [4.78, 5) is 21.7. The van der Waals surface area contributed by atoms with Gasteiger partial charge in [-0.05, 0) is 24.1 Å². The van der Waals surface area contributed by atoms with E-state index >= 15 is 0 Å². The van der Waals surface area contributed by atoms with Gasteiger partial charge in [0, 0.05) is 11.1 Å². The molecule has 0 amide bonds. The summed E-state index contributed by atoms with van der Waals surface area (Å²) in [5.74, 6) is 0. The lowest BCUT2D eigenvalue weighted by molar-refractivity contribution is 0.112. The molecule has 0 aromatic carbocycles. The molecule has 0 bridgehead atoms. The van der Waals surface area contributed by atoms with Gasteiger partial charge in [0.15, 0.2) is 12.6 Å². The first-order chi connectivity index (χ1) is 7.26. The molecule has 0 radical (unpaired) electrons. The molecule has 0 aliphatic heterocycles. The molecule has 0 atom stereocenters. The van der Waals surface area contributed by atoms with E-state index in [2.05, 4.69) is 0 Å². The smallest absolute Gasteiger partial charge is 0.150 e. The normalized spacial score (nSPS) is 10.2. The number of hydrogen-bond donors (Lipinski definition) is 0. The highest BCUT2D eigenvalue weighted by molar-refractivity contribution is 5.99. The van der Waals surface area contributed by atoms with E-state index < -0.39 is 0 Å². The van der Waals surface area contributed by atoms with Crippen molar-refractivity contribution in [2.45, 2.75) is 6.92 Å². The predicted octanol–water partition coefficient (Wildman–Crippen LogP) is 2.72. The number of aldehydes is 2. The minimum atomic E-state index is 0.572. The fraction of sp³-hybridized carbons (Fsp3) is 0.0769. The van der Waals surface area contributed by atoms with Gasteiger partial charge in [0.05, 0.1) is 0 Å². The standard InChI is InChI=1S/C13H10O2/c1-9-3-2-4-12-10(7-14)6-11(8-15)13(12)5-9/h2-8H,1H3. The molecule has 2 nitrogen and oxygen atoms in total. The van der Waals surface area contributed by atoms with Crippen molar-refractivity contribution in [3.05, 3.63) is 47.0 Å². The molecule has 2 aliphatic carbocycles. The van der Waals surface area contributed by atoms with Crippen LogP contribution < -0.4 is 0 Å². The van der Waals surface area contributed by atoms with Crippen molar-refractivity contribution in [2.75, 3.05) is 0 Å². The second-order valence-electron chi connectivity index (χ2n) is 3.53. The highest BCUT2D eigenvalue weighted by Crippen LogP contribution is 2.30. The summed E-state index contributed by atoms with van der Waals surface area (Å²) in [6.45, 7) is 1.96. The Labute approximate surface area is 87.9 Å². The van der Waals surface area contributed by atoms with Gasteiger partial charge in [-0.2, -0.15) is 0 Å². The van der Waals surface area contributed by atoms with Crippen LogP contribution in [0.4, 0.5) is 0 Å². The van der Waals surface area contributed by atoms with E-state index in [1.165, 1.54) is 0 Å². The Kier molecular flexibility index (Phi) is 2.34. The van der Waals surface area contributed by atoms with E-state index in [0.29, 0.717) is 11.1 Å². The number of carbonyl (C=O) groups is 2. The van der Waals surface area contributed by atoms with Crippen LogP contribution in [0.25, 0.3) is 11.1 Å². The van der Waals surface area contributed by atoms with Crippen molar-refractivity contribution in [3.8, 4) is 11.1 Å². The first-order valence-electron chi connectivity index (χ1n) is 4.70. The quantitative estimate of drug-likeness (QED) is 0.695. The molecule has 15 heavy (non-hydrogen) atoms. The molecule has 0 unspecified atom stereocenters. The van der Waals surface area contributed by atoms with Gasteiger partial charge in [-0.1, -0.05) is 29.8 Å². The fourth-order valence-corrected chi connectivity index (χ4v) is 1.75. The first-order valence-corrected chi connectivity index (χ1v) is 4.70. The van der Waals surface area contributed by atoms with Gasteiger partial charge >= 0.3 is 0 Å². The average Bonchev–Trinajstić information content (AvgIpc) is 2.44. The Morgan fingerprint density at radius 1 is 0.933 bits per heavy atom. The molecule has 0 aromatic heterocycles. The van der Waals surface area contributed by atoms with Gasteiger partial charge < -0.3 is 0 Å². The summed E-state index contributed by atoms with van der Waals surface area (Å²) in [7, 11) is 0. The Bertz CT molecular complexity index is 500. The van der Waals surface area contributed by atoms with Crippen molar-refractivity contribution in [3.63, 3.8) is 0 Å².